The summed E-state index contributed by atoms with van der Waals surface area (Å²) in [4.78, 5) is 9.97. The maximum Gasteiger partial charge on any atom is 0.306 e. The Morgan fingerprint density at radius 2 is 2.37 bits per heavy atom. The highest BCUT2D eigenvalue weighted by molar-refractivity contribution is 5.20. The van der Waals surface area contributed by atoms with E-state index in [4.69, 9.17) is 4.74 Å². The minimum Gasteiger partial charge on any atom is -0.390 e. The molecule has 1 atom stereocenters. The fourth-order valence-electron chi connectivity index (χ4n) is 1.63. The quantitative estimate of drug-likeness (QED) is 0.516. The maximum absolute atomic E-state index is 10.5. The Labute approximate surface area is 111 Å². The van der Waals surface area contributed by atoms with Gasteiger partial charge in [-0.05, 0) is 13.8 Å². The zero-order chi connectivity index (χ0) is 14.5. The van der Waals surface area contributed by atoms with Crippen LogP contribution in [0.2, 0.25) is 0 Å². The van der Waals surface area contributed by atoms with Crippen molar-refractivity contribution >= 4 is 5.69 Å². The van der Waals surface area contributed by atoms with Gasteiger partial charge in [0, 0.05) is 19.2 Å². The van der Waals surface area contributed by atoms with Crippen molar-refractivity contribution in [3.8, 4) is 0 Å². The first-order valence-electron chi connectivity index (χ1n) is 5.93. The van der Waals surface area contributed by atoms with Gasteiger partial charge in [0.05, 0.1) is 24.2 Å². The molecule has 0 radical (unpaired) electrons. The third-order valence-corrected chi connectivity index (χ3v) is 2.55. The van der Waals surface area contributed by atoms with Gasteiger partial charge < -0.3 is 15.2 Å². The zero-order valence-corrected chi connectivity index (χ0v) is 11.4. The number of β-amino-alcohol motifs (C(OH)–C–C–N with tert-alkyl or cyclic N) is 1. The predicted molar refractivity (Wildman–Crippen MR) is 68.8 cm³/mol. The fraction of sp³-hybridized carbons (Fsp3) is 0.727. The van der Waals surface area contributed by atoms with Crippen molar-refractivity contribution in [2.24, 2.45) is 0 Å². The molecule has 1 aromatic rings. The molecule has 108 valence electrons. The summed E-state index contributed by atoms with van der Waals surface area (Å²) in [5.74, 6) is 0. The lowest BCUT2D eigenvalue weighted by atomic mass is 10.1. The summed E-state index contributed by atoms with van der Waals surface area (Å²) in [5, 5.41) is 27.3. The number of aromatic nitrogens is 2. The van der Waals surface area contributed by atoms with Gasteiger partial charge in [-0.25, -0.2) is 0 Å². The van der Waals surface area contributed by atoms with Crippen LogP contribution in [0, 0.1) is 10.1 Å². The van der Waals surface area contributed by atoms with E-state index >= 15 is 0 Å². The molecule has 0 fully saturated rings. The summed E-state index contributed by atoms with van der Waals surface area (Å²) in [6.07, 6.45) is 1.77. The van der Waals surface area contributed by atoms with Gasteiger partial charge in [-0.3, -0.25) is 14.8 Å². The van der Waals surface area contributed by atoms with Crippen molar-refractivity contribution in [1.29, 1.82) is 0 Å². The standard InChI is InChI=1S/C11H20N4O4/c1-11(2,8-19-3)12-5-10(16)7-14-6-9(4-13-14)15(17)18/h4,6,10,12,16H,5,7-8H2,1-3H3. The number of aliphatic hydroxyl groups is 1. The minimum absolute atomic E-state index is 0.0835. The summed E-state index contributed by atoms with van der Waals surface area (Å²) < 4.78 is 6.41. The van der Waals surface area contributed by atoms with Crippen molar-refractivity contribution < 1.29 is 14.8 Å². The van der Waals surface area contributed by atoms with Gasteiger partial charge in [-0.1, -0.05) is 0 Å². The highest BCUT2D eigenvalue weighted by Crippen LogP contribution is 2.08. The lowest BCUT2D eigenvalue weighted by Crippen LogP contribution is -2.47. The fourth-order valence-corrected chi connectivity index (χ4v) is 1.63. The van der Waals surface area contributed by atoms with Crippen molar-refractivity contribution in [2.75, 3.05) is 20.3 Å². The lowest BCUT2D eigenvalue weighted by molar-refractivity contribution is -0.385. The first-order valence-corrected chi connectivity index (χ1v) is 5.93. The smallest absolute Gasteiger partial charge is 0.306 e. The largest absolute Gasteiger partial charge is 0.390 e. The Kier molecular flexibility index (Phi) is 5.40. The molecular formula is C11H20N4O4. The van der Waals surface area contributed by atoms with Crippen LogP contribution in [0.15, 0.2) is 12.4 Å². The number of ether oxygens (including phenoxy) is 1. The Morgan fingerprint density at radius 1 is 1.68 bits per heavy atom. The van der Waals surface area contributed by atoms with Gasteiger partial charge in [-0.2, -0.15) is 5.10 Å². The summed E-state index contributed by atoms with van der Waals surface area (Å²) in [6.45, 7) is 4.99. The zero-order valence-electron chi connectivity index (χ0n) is 11.4. The van der Waals surface area contributed by atoms with Crippen LogP contribution in [-0.2, 0) is 11.3 Å². The number of nitro groups is 1. The highest BCUT2D eigenvalue weighted by atomic mass is 16.6. The molecule has 1 aromatic heterocycles. The van der Waals surface area contributed by atoms with Crippen LogP contribution in [0.5, 0.6) is 0 Å². The first-order chi connectivity index (χ1) is 8.84. The van der Waals surface area contributed by atoms with Crippen LogP contribution < -0.4 is 5.32 Å². The number of methoxy groups -OCH3 is 1. The lowest BCUT2D eigenvalue weighted by Gasteiger charge is -2.26. The molecule has 19 heavy (non-hydrogen) atoms. The second kappa shape index (κ2) is 6.60. The number of nitrogens with one attached hydrogen (secondary N) is 1. The molecule has 0 aliphatic heterocycles. The van der Waals surface area contributed by atoms with Crippen molar-refractivity contribution in [3.05, 3.63) is 22.5 Å². The number of hydrogen-bond acceptors (Lipinski definition) is 6. The molecule has 0 spiro atoms. The van der Waals surface area contributed by atoms with Crippen LogP contribution in [-0.4, -0.2) is 51.7 Å². The van der Waals surface area contributed by atoms with E-state index in [0.717, 1.165) is 6.20 Å². The molecule has 0 aromatic carbocycles. The number of nitrogens with zero attached hydrogens (tertiary/aromatic N) is 3. The van der Waals surface area contributed by atoms with E-state index in [2.05, 4.69) is 10.4 Å². The average Bonchev–Trinajstić information content (AvgIpc) is 2.75. The molecule has 8 nitrogen and oxygen atoms in total. The van der Waals surface area contributed by atoms with E-state index in [1.807, 2.05) is 13.8 Å². The molecule has 0 saturated carbocycles. The van der Waals surface area contributed by atoms with Crippen molar-refractivity contribution in [3.63, 3.8) is 0 Å². The van der Waals surface area contributed by atoms with Crippen LogP contribution in [0.4, 0.5) is 5.69 Å². The van der Waals surface area contributed by atoms with Crippen LogP contribution in [0.1, 0.15) is 13.8 Å². The summed E-state index contributed by atoms with van der Waals surface area (Å²) in [6, 6.07) is 0. The molecular weight excluding hydrogens is 252 g/mol. The maximum atomic E-state index is 10.5. The number of aliphatic hydroxyl groups excluding tert-OH is 1. The van der Waals surface area contributed by atoms with Gasteiger partial charge in [-0.15, -0.1) is 0 Å². The average molecular weight is 272 g/mol. The first kappa shape index (κ1) is 15.5. The van der Waals surface area contributed by atoms with Gasteiger partial charge >= 0.3 is 5.69 Å². The highest BCUT2D eigenvalue weighted by Gasteiger charge is 2.19. The molecule has 0 aliphatic carbocycles. The molecule has 0 amide bonds. The number of rotatable bonds is 8. The Morgan fingerprint density at radius 3 is 2.89 bits per heavy atom. The van der Waals surface area contributed by atoms with Crippen molar-refractivity contribution in [2.45, 2.75) is 32.0 Å². The van der Waals surface area contributed by atoms with E-state index in [1.165, 1.54) is 10.9 Å². The second-order valence-electron chi connectivity index (χ2n) is 5.03. The van der Waals surface area contributed by atoms with Gasteiger partial charge in [0.2, 0.25) is 0 Å². The molecule has 0 aliphatic rings. The molecule has 8 heteroatoms. The summed E-state index contributed by atoms with van der Waals surface area (Å²) in [5.41, 5.74) is -0.328. The Bertz CT molecular complexity index is 419. The van der Waals surface area contributed by atoms with Gasteiger partial charge in [0.15, 0.2) is 0 Å². The molecule has 2 N–H and O–H groups in total. The van der Waals surface area contributed by atoms with E-state index in [1.54, 1.807) is 7.11 Å². The van der Waals surface area contributed by atoms with E-state index in [0.29, 0.717) is 13.2 Å². The van der Waals surface area contributed by atoms with Crippen molar-refractivity contribution in [1.82, 2.24) is 15.1 Å². The van der Waals surface area contributed by atoms with Gasteiger partial charge in [0.25, 0.3) is 0 Å². The number of hydrogen-bond donors (Lipinski definition) is 2. The normalized spacial score (nSPS) is 13.5. The molecule has 0 saturated heterocycles. The summed E-state index contributed by atoms with van der Waals surface area (Å²) in [7, 11) is 1.61. The predicted octanol–water partition coefficient (Wildman–Crippen LogP) is 0.167. The third-order valence-electron chi connectivity index (χ3n) is 2.55. The van der Waals surface area contributed by atoms with Crippen LogP contribution in [0.3, 0.4) is 0 Å². The monoisotopic (exact) mass is 272 g/mol. The Balaban J connectivity index is 2.42. The van der Waals surface area contributed by atoms with Gasteiger partial charge in [0.1, 0.15) is 12.4 Å². The molecule has 1 rings (SSSR count). The summed E-state index contributed by atoms with van der Waals surface area (Å²) >= 11 is 0. The van der Waals surface area contributed by atoms with E-state index in [-0.39, 0.29) is 17.8 Å². The molecule has 0 bridgehead atoms. The minimum atomic E-state index is -0.685. The topological polar surface area (TPSA) is 102 Å². The SMILES string of the molecule is COCC(C)(C)NCC(O)Cn1cc([N+](=O)[O-])cn1. The van der Waals surface area contributed by atoms with E-state index in [9.17, 15) is 15.2 Å². The third kappa shape index (κ3) is 5.33. The molecule has 1 unspecified atom stereocenters. The van der Waals surface area contributed by atoms with Crippen LogP contribution >= 0.6 is 0 Å². The molecule has 1 heterocycles. The van der Waals surface area contributed by atoms with E-state index < -0.39 is 11.0 Å². The Hall–Kier alpha value is -1.51. The van der Waals surface area contributed by atoms with Crippen LogP contribution in [0.25, 0.3) is 0 Å². The second-order valence-corrected chi connectivity index (χ2v) is 5.03.